The van der Waals surface area contributed by atoms with E-state index in [4.69, 9.17) is 9.84 Å². The van der Waals surface area contributed by atoms with Gasteiger partial charge in [-0.2, -0.15) is 0 Å². The monoisotopic (exact) mass is 113 g/mol. The van der Waals surface area contributed by atoms with Crippen molar-refractivity contribution < 1.29 is 9.84 Å². The Hall–Kier alpha value is -0.0151. The highest BCUT2D eigenvalue weighted by Gasteiger charge is 2.26. The van der Waals surface area contributed by atoms with Crippen molar-refractivity contribution >= 4 is 7.28 Å². The van der Waals surface area contributed by atoms with E-state index in [2.05, 4.69) is 0 Å². The van der Waals surface area contributed by atoms with Crippen LogP contribution in [0.4, 0.5) is 0 Å². The molecule has 0 bridgehead atoms. The van der Waals surface area contributed by atoms with Gasteiger partial charge in [0.2, 0.25) is 0 Å². The van der Waals surface area contributed by atoms with Crippen molar-refractivity contribution in [3.8, 4) is 0 Å². The molecule has 1 fully saturated rings. The van der Waals surface area contributed by atoms with Gasteiger partial charge in [-0.05, 0) is 6.42 Å². The summed E-state index contributed by atoms with van der Waals surface area (Å²) >= 11 is 0. The fourth-order valence-corrected chi connectivity index (χ4v) is 0.551. The lowest BCUT2D eigenvalue weighted by molar-refractivity contribution is 0.245. The van der Waals surface area contributed by atoms with Crippen LogP contribution in [0.2, 0.25) is 0 Å². The Morgan fingerprint density at radius 2 is 2.62 bits per heavy atom. The standard InChI is InChI=1S/C5H10BO2/c1-2-4(7)6-5-3-8-5/h4-5,7H,2-3H2,1H3. The molecule has 0 aromatic carbocycles. The molecular formula is C5H10BO2. The van der Waals surface area contributed by atoms with Crippen molar-refractivity contribution in [2.45, 2.75) is 25.4 Å². The number of hydrogen-bond acceptors (Lipinski definition) is 2. The second kappa shape index (κ2) is 2.51. The second-order valence-corrected chi connectivity index (χ2v) is 2.04. The van der Waals surface area contributed by atoms with Gasteiger partial charge in [-0.1, -0.05) is 6.92 Å². The average molecular weight is 113 g/mol. The molecule has 1 rings (SSSR count). The molecule has 1 aliphatic heterocycles. The molecule has 1 N–H and O–H groups in total. The van der Waals surface area contributed by atoms with Gasteiger partial charge in [0, 0.05) is 6.00 Å². The van der Waals surface area contributed by atoms with Gasteiger partial charge in [0.1, 0.15) is 0 Å². The van der Waals surface area contributed by atoms with Crippen LogP contribution >= 0.6 is 0 Å². The fourth-order valence-electron chi connectivity index (χ4n) is 0.551. The number of aliphatic hydroxyl groups is 1. The summed E-state index contributed by atoms with van der Waals surface area (Å²) in [6.07, 6.45) is 0.792. The third-order valence-electron chi connectivity index (χ3n) is 1.21. The van der Waals surface area contributed by atoms with E-state index in [1.54, 1.807) is 0 Å². The van der Waals surface area contributed by atoms with Gasteiger partial charge in [-0.15, -0.1) is 0 Å². The van der Waals surface area contributed by atoms with Crippen LogP contribution in [-0.4, -0.2) is 31.0 Å². The number of epoxide rings is 1. The minimum atomic E-state index is -0.262. The van der Waals surface area contributed by atoms with E-state index in [1.807, 2.05) is 14.2 Å². The van der Waals surface area contributed by atoms with E-state index in [0.29, 0.717) is 0 Å². The van der Waals surface area contributed by atoms with E-state index in [1.165, 1.54) is 0 Å². The Labute approximate surface area is 50.1 Å². The average Bonchev–Trinajstić information content (AvgIpc) is 2.50. The van der Waals surface area contributed by atoms with Gasteiger partial charge in [-0.25, -0.2) is 0 Å². The first-order chi connectivity index (χ1) is 3.83. The SMILES string of the molecule is CCC(O)[B]C1CO1. The summed E-state index contributed by atoms with van der Waals surface area (Å²) in [5.74, 6) is 0. The predicted octanol–water partition coefficient (Wildman–Crippen LogP) is -0.225. The Kier molecular flexibility index (Phi) is 1.92. The maximum Gasteiger partial charge on any atom is 0.190 e. The summed E-state index contributed by atoms with van der Waals surface area (Å²) in [5.41, 5.74) is 0. The van der Waals surface area contributed by atoms with Crippen LogP contribution in [0.3, 0.4) is 0 Å². The molecule has 8 heavy (non-hydrogen) atoms. The highest BCUT2D eigenvalue weighted by Crippen LogP contribution is 2.08. The highest BCUT2D eigenvalue weighted by molar-refractivity contribution is 6.39. The second-order valence-electron chi connectivity index (χ2n) is 2.04. The minimum Gasteiger partial charge on any atom is -0.402 e. The van der Waals surface area contributed by atoms with Gasteiger partial charge >= 0.3 is 0 Å². The van der Waals surface area contributed by atoms with Crippen LogP contribution in [0.5, 0.6) is 0 Å². The zero-order chi connectivity index (χ0) is 5.98. The lowest BCUT2D eigenvalue weighted by Crippen LogP contribution is -2.19. The normalized spacial score (nSPS) is 29.5. The van der Waals surface area contributed by atoms with E-state index in [9.17, 15) is 0 Å². The third-order valence-corrected chi connectivity index (χ3v) is 1.21. The predicted molar refractivity (Wildman–Crippen MR) is 31.8 cm³/mol. The molecule has 1 aliphatic rings. The molecule has 2 nitrogen and oxygen atoms in total. The molecule has 0 aromatic rings. The number of ether oxygens (including phenoxy) is 1. The van der Waals surface area contributed by atoms with Gasteiger partial charge in [0.25, 0.3) is 0 Å². The van der Waals surface area contributed by atoms with Crippen LogP contribution < -0.4 is 0 Å². The molecule has 0 aliphatic carbocycles. The molecule has 0 saturated carbocycles. The molecule has 45 valence electrons. The Bertz CT molecular complexity index is 72.8. The topological polar surface area (TPSA) is 32.8 Å². The first-order valence-electron chi connectivity index (χ1n) is 2.97. The van der Waals surface area contributed by atoms with Gasteiger partial charge in [-0.3, -0.25) is 0 Å². The summed E-state index contributed by atoms with van der Waals surface area (Å²) in [4.78, 5) is 0. The molecule has 2 atom stereocenters. The van der Waals surface area contributed by atoms with Gasteiger partial charge in [0.15, 0.2) is 7.28 Å². The van der Waals surface area contributed by atoms with Crippen molar-refractivity contribution in [2.75, 3.05) is 6.61 Å². The first kappa shape index (κ1) is 6.11. The molecule has 3 heteroatoms. The Morgan fingerprint density at radius 3 is 3.00 bits per heavy atom. The smallest absolute Gasteiger partial charge is 0.190 e. The molecule has 1 saturated heterocycles. The molecule has 1 radical (unpaired) electrons. The summed E-state index contributed by atoms with van der Waals surface area (Å²) < 4.78 is 4.87. The highest BCUT2D eigenvalue weighted by atomic mass is 16.6. The van der Waals surface area contributed by atoms with Crippen LogP contribution in [-0.2, 0) is 4.74 Å². The maximum atomic E-state index is 8.93. The van der Waals surface area contributed by atoms with E-state index < -0.39 is 0 Å². The molecule has 2 unspecified atom stereocenters. The summed E-state index contributed by atoms with van der Waals surface area (Å²) in [7, 11) is 1.83. The molecule has 1 heterocycles. The summed E-state index contributed by atoms with van der Waals surface area (Å²) in [5, 5.41) is 8.93. The molecule has 0 amide bonds. The maximum absolute atomic E-state index is 8.93. The van der Waals surface area contributed by atoms with Gasteiger partial charge < -0.3 is 9.84 Å². The number of aliphatic hydroxyl groups excluding tert-OH is 1. The Balaban J connectivity index is 1.98. The van der Waals surface area contributed by atoms with Crippen molar-refractivity contribution in [1.29, 1.82) is 0 Å². The van der Waals surface area contributed by atoms with Crippen LogP contribution in [0, 0.1) is 0 Å². The van der Waals surface area contributed by atoms with Crippen molar-refractivity contribution in [3.63, 3.8) is 0 Å². The molecule has 0 spiro atoms. The molecule has 0 aromatic heterocycles. The lowest BCUT2D eigenvalue weighted by Gasteiger charge is -1.99. The summed E-state index contributed by atoms with van der Waals surface area (Å²) in [6.45, 7) is 2.75. The zero-order valence-electron chi connectivity index (χ0n) is 5.00. The van der Waals surface area contributed by atoms with Crippen molar-refractivity contribution in [1.82, 2.24) is 0 Å². The van der Waals surface area contributed by atoms with Crippen molar-refractivity contribution in [2.24, 2.45) is 0 Å². The largest absolute Gasteiger partial charge is 0.402 e. The number of hydrogen-bond donors (Lipinski definition) is 1. The minimum absolute atomic E-state index is 0.255. The van der Waals surface area contributed by atoms with Crippen molar-refractivity contribution in [3.05, 3.63) is 0 Å². The quantitative estimate of drug-likeness (QED) is 0.405. The molecular weight excluding hydrogens is 103 g/mol. The first-order valence-corrected chi connectivity index (χ1v) is 2.97. The van der Waals surface area contributed by atoms with Crippen LogP contribution in [0.25, 0.3) is 0 Å². The fraction of sp³-hybridized carbons (Fsp3) is 1.00. The van der Waals surface area contributed by atoms with E-state index in [-0.39, 0.29) is 12.0 Å². The van der Waals surface area contributed by atoms with E-state index in [0.717, 1.165) is 13.0 Å². The van der Waals surface area contributed by atoms with Gasteiger partial charge in [0.05, 0.1) is 12.6 Å². The van der Waals surface area contributed by atoms with Crippen LogP contribution in [0.15, 0.2) is 0 Å². The third kappa shape index (κ3) is 1.84. The zero-order valence-corrected chi connectivity index (χ0v) is 5.00. The van der Waals surface area contributed by atoms with Crippen LogP contribution in [0.1, 0.15) is 13.3 Å². The van der Waals surface area contributed by atoms with E-state index >= 15 is 0 Å². The lowest BCUT2D eigenvalue weighted by atomic mass is 9.67. The Morgan fingerprint density at radius 1 is 2.00 bits per heavy atom. The number of rotatable bonds is 3. The summed E-state index contributed by atoms with van der Waals surface area (Å²) in [6, 6.07) is -0.00699.